The Morgan fingerprint density at radius 2 is 1.91 bits per heavy atom. The van der Waals surface area contributed by atoms with Crippen LogP contribution in [-0.2, 0) is 0 Å². The van der Waals surface area contributed by atoms with E-state index in [0.717, 1.165) is 16.9 Å². The molecule has 1 N–H and O–H groups in total. The van der Waals surface area contributed by atoms with E-state index in [-0.39, 0.29) is 6.03 Å². The molecule has 8 heteroatoms. The first-order valence-electron chi connectivity index (χ1n) is 10.1. The molecule has 32 heavy (non-hydrogen) atoms. The monoisotopic (exact) mass is 432 g/mol. The fourth-order valence-electron chi connectivity index (χ4n) is 3.67. The third-order valence-corrected chi connectivity index (χ3v) is 5.34. The van der Waals surface area contributed by atoms with Crippen molar-refractivity contribution in [1.29, 1.82) is 0 Å². The molecule has 4 rings (SSSR count). The Morgan fingerprint density at radius 3 is 2.59 bits per heavy atom. The van der Waals surface area contributed by atoms with E-state index in [2.05, 4.69) is 22.0 Å². The van der Waals surface area contributed by atoms with E-state index in [4.69, 9.17) is 14.0 Å². The molecule has 0 fully saturated rings. The van der Waals surface area contributed by atoms with Gasteiger partial charge in [-0.05, 0) is 48.9 Å². The second-order valence-corrected chi connectivity index (χ2v) is 7.21. The fraction of sp³-hybridized carbons (Fsp3) is 0.208. The van der Waals surface area contributed by atoms with Crippen LogP contribution < -0.4 is 14.8 Å². The third-order valence-electron chi connectivity index (χ3n) is 5.34. The van der Waals surface area contributed by atoms with Gasteiger partial charge in [-0.1, -0.05) is 23.4 Å². The minimum Gasteiger partial charge on any atom is -0.497 e. The van der Waals surface area contributed by atoms with E-state index >= 15 is 0 Å². The number of urea groups is 1. The summed E-state index contributed by atoms with van der Waals surface area (Å²) in [5.74, 6) is 2.20. The van der Waals surface area contributed by atoms with E-state index in [0.29, 0.717) is 35.3 Å². The molecular weight excluding hydrogens is 408 g/mol. The van der Waals surface area contributed by atoms with E-state index in [1.807, 2.05) is 55.5 Å². The molecule has 1 aliphatic rings. The molecule has 2 amide bonds. The second kappa shape index (κ2) is 8.97. The van der Waals surface area contributed by atoms with Crippen molar-refractivity contribution in [2.75, 3.05) is 20.8 Å². The van der Waals surface area contributed by atoms with Crippen LogP contribution in [0, 0.1) is 0 Å². The molecule has 1 unspecified atom stereocenters. The number of hydrogen-bond donors (Lipinski definition) is 1. The zero-order valence-corrected chi connectivity index (χ0v) is 18.2. The van der Waals surface area contributed by atoms with Gasteiger partial charge in [-0.3, -0.25) is 4.90 Å². The Morgan fingerprint density at radius 1 is 1.16 bits per heavy atom. The van der Waals surface area contributed by atoms with E-state index in [1.165, 1.54) is 0 Å². The lowest BCUT2D eigenvalue weighted by atomic mass is 9.94. The van der Waals surface area contributed by atoms with Crippen LogP contribution in [0.4, 0.5) is 4.79 Å². The molecule has 164 valence electrons. The number of amides is 2. The van der Waals surface area contributed by atoms with Crippen LogP contribution in [0.15, 0.2) is 71.4 Å². The number of allylic oxidation sites excluding steroid dienone is 1. The highest BCUT2D eigenvalue weighted by Crippen LogP contribution is 2.38. The highest BCUT2D eigenvalue weighted by molar-refractivity contribution is 5.87. The van der Waals surface area contributed by atoms with Crippen LogP contribution in [0.2, 0.25) is 0 Å². The predicted molar refractivity (Wildman–Crippen MR) is 120 cm³/mol. The number of nitrogens with one attached hydrogen (secondary N) is 1. The summed E-state index contributed by atoms with van der Waals surface area (Å²) in [5, 5.41) is 7.21. The van der Waals surface area contributed by atoms with Gasteiger partial charge in [0, 0.05) is 17.8 Å². The minimum atomic E-state index is -0.483. The molecule has 2 aromatic carbocycles. The summed E-state index contributed by atoms with van der Waals surface area (Å²) in [5.41, 5.74) is 3.06. The average molecular weight is 432 g/mol. The molecule has 1 aliphatic heterocycles. The molecule has 0 radical (unpaired) electrons. The summed E-state index contributed by atoms with van der Waals surface area (Å²) in [6, 6.07) is 14.2. The number of ether oxygens (including phenoxy) is 2. The van der Waals surface area contributed by atoms with Crippen molar-refractivity contribution >= 4 is 11.6 Å². The van der Waals surface area contributed by atoms with E-state index < -0.39 is 6.04 Å². The van der Waals surface area contributed by atoms with Gasteiger partial charge in [-0.25, -0.2) is 4.79 Å². The molecule has 0 bridgehead atoms. The highest BCUT2D eigenvalue weighted by Gasteiger charge is 2.35. The number of benzene rings is 2. The van der Waals surface area contributed by atoms with Crippen molar-refractivity contribution in [3.05, 3.63) is 78.3 Å². The lowest BCUT2D eigenvalue weighted by Gasteiger charge is -2.34. The van der Waals surface area contributed by atoms with E-state index in [1.54, 1.807) is 25.2 Å². The van der Waals surface area contributed by atoms with Crippen molar-refractivity contribution < 1.29 is 18.8 Å². The van der Waals surface area contributed by atoms with Crippen LogP contribution in [0.3, 0.4) is 0 Å². The Labute approximate surface area is 186 Å². The Hall–Kier alpha value is -4.07. The maximum Gasteiger partial charge on any atom is 0.322 e. The first-order chi connectivity index (χ1) is 15.5. The summed E-state index contributed by atoms with van der Waals surface area (Å²) in [6.45, 7) is 5.97. The van der Waals surface area contributed by atoms with Crippen molar-refractivity contribution in [2.24, 2.45) is 0 Å². The van der Waals surface area contributed by atoms with Gasteiger partial charge in [-0.15, -0.1) is 6.58 Å². The maximum absolute atomic E-state index is 12.8. The molecule has 0 saturated heterocycles. The number of methoxy groups -OCH3 is 2. The Kier molecular flexibility index (Phi) is 5.93. The quantitative estimate of drug-likeness (QED) is 0.555. The molecule has 0 spiro atoms. The minimum absolute atomic E-state index is 0.228. The van der Waals surface area contributed by atoms with E-state index in [9.17, 15) is 4.79 Å². The Bertz CT molecular complexity index is 1170. The molecule has 0 saturated carbocycles. The maximum atomic E-state index is 12.8. The van der Waals surface area contributed by atoms with Gasteiger partial charge in [0.15, 0.2) is 0 Å². The van der Waals surface area contributed by atoms with Crippen molar-refractivity contribution in [3.8, 4) is 22.9 Å². The topological polar surface area (TPSA) is 89.7 Å². The average Bonchev–Trinajstić information content (AvgIpc) is 3.31. The number of nitrogens with zero attached hydrogens (tertiary/aromatic N) is 3. The van der Waals surface area contributed by atoms with Gasteiger partial charge < -0.3 is 19.3 Å². The largest absolute Gasteiger partial charge is 0.497 e. The van der Waals surface area contributed by atoms with Crippen molar-refractivity contribution in [1.82, 2.24) is 20.4 Å². The van der Waals surface area contributed by atoms with Crippen LogP contribution in [0.5, 0.6) is 11.5 Å². The number of rotatable bonds is 7. The summed E-state index contributed by atoms with van der Waals surface area (Å²) in [4.78, 5) is 19.0. The molecule has 0 aliphatic carbocycles. The van der Waals surface area contributed by atoms with Gasteiger partial charge in [-0.2, -0.15) is 4.98 Å². The smallest absolute Gasteiger partial charge is 0.322 e. The second-order valence-electron chi connectivity index (χ2n) is 7.21. The first kappa shape index (κ1) is 21.2. The number of aromatic nitrogens is 2. The third kappa shape index (κ3) is 3.94. The SMILES string of the molecule is C=CCN1C(=O)NC(c2cccc(OC)c2)C(c2nc(-c3ccc(OC)cc3)no2)=C1C. The molecular formula is C24H24N4O4. The standard InChI is InChI=1S/C24H24N4O4/c1-5-13-28-15(2)20(21(25-24(28)29)17-7-6-8-19(14-17)31-4)23-26-22(27-32-23)16-9-11-18(30-3)12-10-16/h5-12,14,21H,1,13H2,2-4H3,(H,25,29). The highest BCUT2D eigenvalue weighted by atomic mass is 16.5. The predicted octanol–water partition coefficient (Wildman–Crippen LogP) is 4.44. The molecule has 1 aromatic heterocycles. The lowest BCUT2D eigenvalue weighted by Crippen LogP contribution is -2.46. The zero-order chi connectivity index (χ0) is 22.7. The summed E-state index contributed by atoms with van der Waals surface area (Å²) in [7, 11) is 3.22. The van der Waals surface area contributed by atoms with Crippen LogP contribution in [0.1, 0.15) is 24.4 Å². The molecule has 2 heterocycles. The number of hydrogen-bond acceptors (Lipinski definition) is 6. The molecule has 3 aromatic rings. The van der Waals surface area contributed by atoms with Gasteiger partial charge in [0.1, 0.15) is 11.5 Å². The van der Waals surface area contributed by atoms with Gasteiger partial charge >= 0.3 is 6.03 Å². The summed E-state index contributed by atoms with van der Waals surface area (Å²) >= 11 is 0. The number of carbonyl (C=O) groups excluding carboxylic acids is 1. The van der Waals surface area contributed by atoms with Gasteiger partial charge in [0.25, 0.3) is 5.89 Å². The zero-order valence-electron chi connectivity index (χ0n) is 18.2. The van der Waals surface area contributed by atoms with Crippen LogP contribution in [0.25, 0.3) is 17.0 Å². The summed E-state index contributed by atoms with van der Waals surface area (Å²) in [6.07, 6.45) is 1.67. The normalized spacial score (nSPS) is 16.0. The van der Waals surface area contributed by atoms with Gasteiger partial charge in [0.2, 0.25) is 5.82 Å². The fourth-order valence-corrected chi connectivity index (χ4v) is 3.67. The van der Waals surface area contributed by atoms with Gasteiger partial charge in [0.05, 0.1) is 25.8 Å². The van der Waals surface area contributed by atoms with Crippen LogP contribution >= 0.6 is 0 Å². The molecule has 1 atom stereocenters. The summed E-state index contributed by atoms with van der Waals surface area (Å²) < 4.78 is 16.2. The first-order valence-corrected chi connectivity index (χ1v) is 10.1. The lowest BCUT2D eigenvalue weighted by molar-refractivity contribution is 0.209. The number of carbonyl (C=O) groups is 1. The molecule has 8 nitrogen and oxygen atoms in total. The van der Waals surface area contributed by atoms with Crippen molar-refractivity contribution in [2.45, 2.75) is 13.0 Å². The Balaban J connectivity index is 1.80. The van der Waals surface area contributed by atoms with Crippen LogP contribution in [-0.4, -0.2) is 41.8 Å². The van der Waals surface area contributed by atoms with Crippen molar-refractivity contribution in [3.63, 3.8) is 0 Å².